The molecule has 0 aromatic carbocycles. The molecule has 3 nitrogen and oxygen atoms in total. The SMILES string of the molecule is CCC1OCCC1c1nc2c([nH]1)CC(C)C(C)C2. The molecule has 1 aromatic heterocycles. The molecule has 0 amide bonds. The summed E-state index contributed by atoms with van der Waals surface area (Å²) in [6.45, 7) is 7.79. The second-order valence-corrected chi connectivity index (χ2v) is 6.12. The van der Waals surface area contributed by atoms with Crippen LogP contribution in [-0.4, -0.2) is 22.7 Å². The van der Waals surface area contributed by atoms with Crippen molar-refractivity contribution in [2.24, 2.45) is 11.8 Å². The van der Waals surface area contributed by atoms with Gasteiger partial charge in [-0.25, -0.2) is 4.98 Å². The minimum Gasteiger partial charge on any atom is -0.377 e. The van der Waals surface area contributed by atoms with Crippen LogP contribution in [0, 0.1) is 11.8 Å². The first-order valence-corrected chi connectivity index (χ1v) is 7.38. The normalized spacial score (nSPS) is 35.7. The van der Waals surface area contributed by atoms with Crippen molar-refractivity contribution < 1.29 is 4.74 Å². The number of aromatic nitrogens is 2. The van der Waals surface area contributed by atoms with Gasteiger partial charge >= 0.3 is 0 Å². The summed E-state index contributed by atoms with van der Waals surface area (Å²) < 4.78 is 5.78. The smallest absolute Gasteiger partial charge is 0.112 e. The van der Waals surface area contributed by atoms with Crippen LogP contribution in [0.3, 0.4) is 0 Å². The lowest BCUT2D eigenvalue weighted by atomic mass is 9.82. The molecular weight excluding hydrogens is 224 g/mol. The summed E-state index contributed by atoms with van der Waals surface area (Å²) >= 11 is 0. The van der Waals surface area contributed by atoms with E-state index in [1.54, 1.807) is 0 Å². The highest BCUT2D eigenvalue weighted by Gasteiger charge is 2.33. The van der Waals surface area contributed by atoms with Crippen LogP contribution in [0.2, 0.25) is 0 Å². The first-order chi connectivity index (χ1) is 8.69. The molecule has 0 bridgehead atoms. The summed E-state index contributed by atoms with van der Waals surface area (Å²) in [6, 6.07) is 0. The van der Waals surface area contributed by atoms with Crippen molar-refractivity contribution in [1.82, 2.24) is 9.97 Å². The van der Waals surface area contributed by atoms with Gasteiger partial charge in [0.1, 0.15) is 5.82 Å². The minimum absolute atomic E-state index is 0.368. The summed E-state index contributed by atoms with van der Waals surface area (Å²) in [6.07, 6.45) is 4.87. The maximum absolute atomic E-state index is 5.78. The average molecular weight is 248 g/mol. The second-order valence-electron chi connectivity index (χ2n) is 6.12. The Morgan fingerprint density at radius 2 is 2.06 bits per heavy atom. The fourth-order valence-corrected chi connectivity index (χ4v) is 3.37. The number of rotatable bonds is 2. The van der Waals surface area contributed by atoms with E-state index in [4.69, 9.17) is 9.72 Å². The molecule has 1 fully saturated rings. The summed E-state index contributed by atoms with van der Waals surface area (Å²) in [5, 5.41) is 0. The molecule has 1 N–H and O–H groups in total. The fourth-order valence-electron chi connectivity index (χ4n) is 3.37. The van der Waals surface area contributed by atoms with Crippen molar-refractivity contribution in [1.29, 1.82) is 0 Å². The Morgan fingerprint density at radius 1 is 1.28 bits per heavy atom. The van der Waals surface area contributed by atoms with Gasteiger partial charge in [-0.1, -0.05) is 20.8 Å². The van der Waals surface area contributed by atoms with Gasteiger partial charge in [0, 0.05) is 18.2 Å². The number of hydrogen-bond acceptors (Lipinski definition) is 2. The summed E-state index contributed by atoms with van der Waals surface area (Å²) in [5.74, 6) is 3.21. The maximum Gasteiger partial charge on any atom is 0.112 e. The molecule has 18 heavy (non-hydrogen) atoms. The first kappa shape index (κ1) is 12.2. The van der Waals surface area contributed by atoms with Crippen LogP contribution in [-0.2, 0) is 17.6 Å². The monoisotopic (exact) mass is 248 g/mol. The van der Waals surface area contributed by atoms with Gasteiger partial charge in [-0.15, -0.1) is 0 Å². The van der Waals surface area contributed by atoms with Gasteiger partial charge in [-0.3, -0.25) is 0 Å². The molecule has 1 aliphatic heterocycles. The molecule has 3 heteroatoms. The molecule has 2 heterocycles. The number of nitrogens with one attached hydrogen (secondary N) is 1. The van der Waals surface area contributed by atoms with Crippen molar-refractivity contribution in [2.75, 3.05) is 6.61 Å². The van der Waals surface area contributed by atoms with E-state index in [9.17, 15) is 0 Å². The quantitative estimate of drug-likeness (QED) is 0.873. The van der Waals surface area contributed by atoms with E-state index in [-0.39, 0.29) is 0 Å². The number of nitrogens with zero attached hydrogens (tertiary/aromatic N) is 1. The number of hydrogen-bond donors (Lipinski definition) is 1. The van der Waals surface area contributed by atoms with Crippen LogP contribution in [0.1, 0.15) is 56.7 Å². The molecule has 0 saturated carbocycles. The highest BCUT2D eigenvalue weighted by Crippen LogP contribution is 2.34. The molecule has 2 aliphatic rings. The first-order valence-electron chi connectivity index (χ1n) is 7.38. The van der Waals surface area contributed by atoms with E-state index in [0.29, 0.717) is 12.0 Å². The van der Waals surface area contributed by atoms with Gasteiger partial charge in [0.25, 0.3) is 0 Å². The Bertz CT molecular complexity index is 399. The predicted molar refractivity (Wildman–Crippen MR) is 71.7 cm³/mol. The third-order valence-corrected chi connectivity index (χ3v) is 4.86. The molecule has 4 unspecified atom stereocenters. The Balaban J connectivity index is 1.85. The van der Waals surface area contributed by atoms with Crippen LogP contribution < -0.4 is 0 Å². The van der Waals surface area contributed by atoms with Crippen molar-refractivity contribution >= 4 is 0 Å². The van der Waals surface area contributed by atoms with E-state index in [2.05, 4.69) is 25.8 Å². The molecule has 4 atom stereocenters. The van der Waals surface area contributed by atoms with Crippen LogP contribution in [0.25, 0.3) is 0 Å². The predicted octanol–water partition coefficient (Wildman–Crippen LogP) is 3.06. The molecule has 0 spiro atoms. The van der Waals surface area contributed by atoms with Crippen molar-refractivity contribution in [3.63, 3.8) is 0 Å². The topological polar surface area (TPSA) is 37.9 Å². The fraction of sp³-hybridized carbons (Fsp3) is 0.800. The van der Waals surface area contributed by atoms with E-state index in [1.165, 1.54) is 17.2 Å². The van der Waals surface area contributed by atoms with Gasteiger partial charge in [-0.05, 0) is 37.5 Å². The minimum atomic E-state index is 0.368. The lowest BCUT2D eigenvalue weighted by Crippen LogP contribution is -2.20. The Kier molecular flexibility index (Phi) is 3.18. The Hall–Kier alpha value is -0.830. The van der Waals surface area contributed by atoms with Crippen molar-refractivity contribution in [3.05, 3.63) is 17.2 Å². The lowest BCUT2D eigenvalue weighted by Gasteiger charge is -2.24. The van der Waals surface area contributed by atoms with Crippen LogP contribution in [0.4, 0.5) is 0 Å². The van der Waals surface area contributed by atoms with Gasteiger partial charge < -0.3 is 9.72 Å². The van der Waals surface area contributed by atoms with Gasteiger partial charge in [0.2, 0.25) is 0 Å². The molecule has 1 aromatic rings. The van der Waals surface area contributed by atoms with E-state index in [0.717, 1.165) is 44.1 Å². The molecule has 0 radical (unpaired) electrons. The number of imidazole rings is 1. The standard InChI is InChI=1S/C15H24N2O/c1-4-14-11(5-6-18-14)15-16-12-7-9(2)10(3)8-13(12)17-15/h9-11,14H,4-8H2,1-3H3,(H,16,17). The van der Waals surface area contributed by atoms with Crippen LogP contribution in [0.5, 0.6) is 0 Å². The molecule has 100 valence electrons. The zero-order chi connectivity index (χ0) is 12.7. The third-order valence-electron chi connectivity index (χ3n) is 4.86. The lowest BCUT2D eigenvalue weighted by molar-refractivity contribution is 0.0995. The summed E-state index contributed by atoms with van der Waals surface area (Å²) in [4.78, 5) is 8.48. The Labute approximate surface area is 109 Å². The zero-order valence-corrected chi connectivity index (χ0v) is 11.7. The number of fused-ring (bicyclic) bond motifs is 1. The van der Waals surface area contributed by atoms with E-state index < -0.39 is 0 Å². The van der Waals surface area contributed by atoms with Gasteiger partial charge in [0.15, 0.2) is 0 Å². The number of H-pyrrole nitrogens is 1. The van der Waals surface area contributed by atoms with E-state index >= 15 is 0 Å². The molecular formula is C15H24N2O. The van der Waals surface area contributed by atoms with Gasteiger partial charge in [0.05, 0.1) is 11.8 Å². The average Bonchev–Trinajstić information content (AvgIpc) is 2.95. The van der Waals surface area contributed by atoms with E-state index in [1.807, 2.05) is 0 Å². The maximum atomic E-state index is 5.78. The van der Waals surface area contributed by atoms with Crippen LogP contribution >= 0.6 is 0 Å². The van der Waals surface area contributed by atoms with Crippen molar-refractivity contribution in [2.45, 2.75) is 58.5 Å². The van der Waals surface area contributed by atoms with Crippen LogP contribution in [0.15, 0.2) is 0 Å². The van der Waals surface area contributed by atoms with Gasteiger partial charge in [-0.2, -0.15) is 0 Å². The molecule has 1 saturated heterocycles. The van der Waals surface area contributed by atoms with Crippen molar-refractivity contribution in [3.8, 4) is 0 Å². The Morgan fingerprint density at radius 3 is 2.83 bits per heavy atom. The summed E-state index contributed by atoms with van der Waals surface area (Å²) in [5.41, 5.74) is 2.70. The zero-order valence-electron chi connectivity index (χ0n) is 11.7. The molecule has 1 aliphatic carbocycles. The second kappa shape index (κ2) is 4.69. The number of ether oxygens (including phenoxy) is 1. The highest BCUT2D eigenvalue weighted by molar-refractivity contribution is 5.22. The third kappa shape index (κ3) is 1.99. The molecule has 3 rings (SSSR count). The highest BCUT2D eigenvalue weighted by atomic mass is 16.5. The number of aromatic amines is 1. The largest absolute Gasteiger partial charge is 0.377 e. The summed E-state index contributed by atoms with van der Waals surface area (Å²) in [7, 11) is 0.